The van der Waals surface area contributed by atoms with Crippen molar-refractivity contribution in [3.05, 3.63) is 24.0 Å². The number of hydrogen-bond acceptors (Lipinski definition) is 5. The molecule has 1 saturated heterocycles. The van der Waals surface area contributed by atoms with Gasteiger partial charge in [0, 0.05) is 21.6 Å². The molecule has 1 heterocycles. The van der Waals surface area contributed by atoms with Crippen molar-refractivity contribution in [1.29, 1.82) is 0 Å². The minimum atomic E-state index is -1.29. The van der Waals surface area contributed by atoms with Crippen LogP contribution in [0.2, 0.25) is 0 Å². The fourth-order valence-electron chi connectivity index (χ4n) is 1.17. The third-order valence-electron chi connectivity index (χ3n) is 1.94. The van der Waals surface area contributed by atoms with Crippen LogP contribution in [0, 0.1) is 0 Å². The Bertz CT molecular complexity index is 320. The van der Waals surface area contributed by atoms with Crippen molar-refractivity contribution < 1.29 is 22.7 Å². The number of cyclic esters (lactones) is 2. The third kappa shape index (κ3) is 3.57. The van der Waals surface area contributed by atoms with Crippen molar-refractivity contribution in [2.45, 2.75) is 12.2 Å². The molecule has 1 fully saturated rings. The predicted octanol–water partition coefficient (Wildman–Crippen LogP) is 0.675. The first kappa shape index (κ1) is 13.1. The summed E-state index contributed by atoms with van der Waals surface area (Å²) in [6, 6.07) is 0. The van der Waals surface area contributed by atoms with E-state index in [1.54, 1.807) is 0 Å². The van der Waals surface area contributed by atoms with Gasteiger partial charge in [-0.3, -0.25) is 8.42 Å². The molecule has 0 aromatic carbocycles. The number of hydrogen-bond donors (Lipinski definition) is 0. The molecule has 1 aliphatic heterocycles. The highest BCUT2D eigenvalue weighted by Crippen LogP contribution is 2.17. The summed E-state index contributed by atoms with van der Waals surface area (Å²) in [5, 5.41) is 2.52. The molecule has 90 valence electrons. The highest BCUT2D eigenvalue weighted by Gasteiger charge is 2.38. The van der Waals surface area contributed by atoms with Crippen LogP contribution in [0.3, 0.4) is 0 Å². The molecule has 5 nitrogen and oxygen atoms in total. The van der Waals surface area contributed by atoms with Crippen LogP contribution in [-0.2, 0) is 31.1 Å². The van der Waals surface area contributed by atoms with Crippen LogP contribution in [0.1, 0.15) is 0 Å². The maximum atomic E-state index is 11.2. The largest absolute Gasteiger partial charge is 0.509 e. The third-order valence-corrected chi connectivity index (χ3v) is 4.00. The lowest BCUT2D eigenvalue weighted by Gasteiger charge is -2.12. The molecule has 1 aliphatic rings. The van der Waals surface area contributed by atoms with Crippen LogP contribution in [0.15, 0.2) is 24.0 Å². The summed E-state index contributed by atoms with van der Waals surface area (Å²) in [5.74, 6) is 0.211. The van der Waals surface area contributed by atoms with E-state index >= 15 is 0 Å². The summed E-state index contributed by atoms with van der Waals surface area (Å²) in [5.41, 5.74) is 0. The first-order valence-corrected chi connectivity index (χ1v) is 7.20. The molecule has 0 saturated carbocycles. The second kappa shape index (κ2) is 5.95. The van der Waals surface area contributed by atoms with Gasteiger partial charge in [-0.2, -0.15) is 0 Å². The van der Waals surface area contributed by atoms with Crippen LogP contribution in [0.4, 0.5) is 4.79 Å². The van der Waals surface area contributed by atoms with Crippen LogP contribution < -0.4 is 0 Å². The van der Waals surface area contributed by atoms with Crippen molar-refractivity contribution in [3.8, 4) is 0 Å². The summed E-state index contributed by atoms with van der Waals surface area (Å²) in [4.78, 5) is 10.9. The maximum absolute atomic E-state index is 11.2. The van der Waals surface area contributed by atoms with Gasteiger partial charge in [0.1, 0.15) is 0 Å². The first-order valence-electron chi connectivity index (χ1n) is 4.43. The first-order chi connectivity index (χ1) is 7.56. The quantitative estimate of drug-likeness (QED) is 0.660. The Morgan fingerprint density at radius 1 is 1.06 bits per heavy atom. The summed E-state index contributed by atoms with van der Waals surface area (Å²) >= 11 is 0. The predicted molar refractivity (Wildman–Crippen MR) is 61.6 cm³/mol. The van der Waals surface area contributed by atoms with Gasteiger partial charge in [0.05, 0.1) is 11.5 Å². The summed E-state index contributed by atoms with van der Waals surface area (Å²) in [7, 11) is -2.57. The zero-order chi connectivity index (χ0) is 12.1. The van der Waals surface area contributed by atoms with Crippen molar-refractivity contribution in [1.82, 2.24) is 0 Å². The van der Waals surface area contributed by atoms with Crippen molar-refractivity contribution in [3.63, 3.8) is 0 Å². The molecular weight excluding hydrogens is 252 g/mol. The van der Waals surface area contributed by atoms with E-state index in [1.807, 2.05) is 0 Å². The van der Waals surface area contributed by atoms with Gasteiger partial charge in [-0.1, -0.05) is 13.2 Å². The molecule has 0 N–H and O–H groups in total. The number of carbonyl (C=O) groups is 1. The van der Waals surface area contributed by atoms with Crippen LogP contribution in [0.5, 0.6) is 0 Å². The van der Waals surface area contributed by atoms with Gasteiger partial charge >= 0.3 is 6.16 Å². The average molecular weight is 264 g/mol. The Hall–Kier alpha value is -0.950. The van der Waals surface area contributed by atoms with Crippen LogP contribution in [0.25, 0.3) is 0 Å². The van der Waals surface area contributed by atoms with E-state index in [-0.39, 0.29) is 11.5 Å². The van der Waals surface area contributed by atoms with Crippen LogP contribution >= 0.6 is 0 Å². The molecule has 1 rings (SSSR count). The van der Waals surface area contributed by atoms with E-state index in [1.165, 1.54) is 10.8 Å². The normalized spacial score (nSPS) is 27.6. The van der Waals surface area contributed by atoms with Gasteiger partial charge in [0.15, 0.2) is 12.2 Å². The Balaban J connectivity index is 2.62. The number of carbonyl (C=O) groups excluding carboxylic acids is 1. The van der Waals surface area contributed by atoms with Gasteiger partial charge in [-0.25, -0.2) is 4.79 Å². The van der Waals surface area contributed by atoms with Crippen LogP contribution in [-0.4, -0.2) is 38.3 Å². The Kier molecular flexibility index (Phi) is 4.88. The lowest BCUT2D eigenvalue weighted by Crippen LogP contribution is -2.32. The molecule has 0 aromatic heterocycles. The molecule has 16 heavy (non-hydrogen) atoms. The zero-order valence-corrected chi connectivity index (χ0v) is 10.1. The molecular formula is C9H12O5S2. The molecule has 4 atom stereocenters. The second-order valence-electron chi connectivity index (χ2n) is 2.99. The minimum absolute atomic E-state index is 0.105. The topological polar surface area (TPSA) is 69.7 Å². The van der Waals surface area contributed by atoms with Gasteiger partial charge in [0.25, 0.3) is 0 Å². The maximum Gasteiger partial charge on any atom is 0.509 e. The molecule has 0 aromatic rings. The van der Waals surface area contributed by atoms with E-state index < -0.39 is 40.0 Å². The second-order valence-corrected chi connectivity index (χ2v) is 5.85. The molecule has 0 aliphatic carbocycles. The minimum Gasteiger partial charge on any atom is -0.426 e. The van der Waals surface area contributed by atoms with E-state index in [4.69, 9.17) is 9.47 Å². The van der Waals surface area contributed by atoms with Crippen molar-refractivity contribution in [2.24, 2.45) is 0 Å². The molecule has 0 radical (unpaired) electrons. The smallest absolute Gasteiger partial charge is 0.426 e. The molecule has 0 bridgehead atoms. The fraction of sp³-hybridized carbons (Fsp3) is 0.444. The SMILES string of the molecule is C=CS(=O)CC1OC(=O)OC1CS(=O)C=C. The zero-order valence-electron chi connectivity index (χ0n) is 8.50. The Morgan fingerprint density at radius 2 is 1.44 bits per heavy atom. The van der Waals surface area contributed by atoms with Gasteiger partial charge < -0.3 is 9.47 Å². The van der Waals surface area contributed by atoms with E-state index in [2.05, 4.69) is 13.2 Å². The standard InChI is InChI=1S/C9H12O5S2/c1-3-15(11)5-7-8(6-16(12)4-2)14-9(10)13-7/h3-4,7-8H,1-2,5-6H2. The molecule has 4 unspecified atom stereocenters. The van der Waals surface area contributed by atoms with Crippen molar-refractivity contribution in [2.75, 3.05) is 11.5 Å². The molecule has 0 spiro atoms. The Morgan fingerprint density at radius 3 is 1.75 bits per heavy atom. The highest BCUT2D eigenvalue weighted by atomic mass is 32.2. The summed E-state index contributed by atoms with van der Waals surface area (Å²) < 4.78 is 32.1. The fourth-order valence-corrected chi connectivity index (χ4v) is 2.65. The molecule has 7 heteroatoms. The molecule has 0 amide bonds. The van der Waals surface area contributed by atoms with Gasteiger partial charge in [-0.05, 0) is 10.8 Å². The van der Waals surface area contributed by atoms with Gasteiger partial charge in [-0.15, -0.1) is 0 Å². The van der Waals surface area contributed by atoms with E-state index in [0.717, 1.165) is 0 Å². The number of ether oxygens (including phenoxy) is 2. The monoisotopic (exact) mass is 264 g/mol. The Labute approximate surface area is 98.4 Å². The number of rotatable bonds is 6. The van der Waals surface area contributed by atoms with Gasteiger partial charge in [0.2, 0.25) is 0 Å². The summed E-state index contributed by atoms with van der Waals surface area (Å²) in [6.45, 7) is 6.73. The highest BCUT2D eigenvalue weighted by molar-refractivity contribution is 7.88. The summed E-state index contributed by atoms with van der Waals surface area (Å²) in [6.07, 6.45) is -2.11. The van der Waals surface area contributed by atoms with E-state index in [9.17, 15) is 13.2 Å². The van der Waals surface area contributed by atoms with Crippen molar-refractivity contribution >= 4 is 27.8 Å². The average Bonchev–Trinajstić information content (AvgIpc) is 2.58. The lowest BCUT2D eigenvalue weighted by atomic mass is 10.3. The van der Waals surface area contributed by atoms with E-state index in [0.29, 0.717) is 0 Å². The lowest BCUT2D eigenvalue weighted by molar-refractivity contribution is 0.119.